The molecule has 4 rings (SSSR count). The second kappa shape index (κ2) is 6.52. The van der Waals surface area contributed by atoms with Crippen molar-refractivity contribution in [3.05, 3.63) is 52.7 Å². The molecule has 0 saturated carbocycles. The molecule has 1 aromatic heterocycles. The van der Waals surface area contributed by atoms with Crippen LogP contribution in [0.2, 0.25) is 0 Å². The van der Waals surface area contributed by atoms with Gasteiger partial charge >= 0.3 is 0 Å². The molecule has 2 fully saturated rings. The number of benzene rings is 1. The molecule has 1 spiro atoms. The lowest BCUT2D eigenvalue weighted by molar-refractivity contribution is -0.134. The van der Waals surface area contributed by atoms with Crippen LogP contribution in [0.15, 0.2) is 47.8 Å². The van der Waals surface area contributed by atoms with Crippen molar-refractivity contribution in [1.29, 1.82) is 0 Å². The summed E-state index contributed by atoms with van der Waals surface area (Å²) in [4.78, 5) is 30.3. The molecule has 2 aromatic rings. The van der Waals surface area contributed by atoms with Crippen LogP contribution in [0.3, 0.4) is 0 Å². The van der Waals surface area contributed by atoms with Crippen LogP contribution in [-0.2, 0) is 16.0 Å². The Morgan fingerprint density at radius 3 is 2.56 bits per heavy atom. The van der Waals surface area contributed by atoms with Crippen molar-refractivity contribution in [3.8, 4) is 0 Å². The van der Waals surface area contributed by atoms with Crippen molar-refractivity contribution in [2.75, 3.05) is 24.7 Å². The lowest BCUT2D eigenvalue weighted by Crippen LogP contribution is -2.57. The lowest BCUT2D eigenvalue weighted by Gasteiger charge is -2.43. The smallest absolute Gasteiger partial charge is 0.247 e. The Hall–Kier alpha value is -2.34. The lowest BCUT2D eigenvalue weighted by atomic mass is 9.85. The van der Waals surface area contributed by atoms with E-state index in [0.717, 1.165) is 10.6 Å². The molecule has 2 aliphatic heterocycles. The molecule has 5 nitrogen and oxygen atoms in total. The molecule has 0 atom stereocenters. The van der Waals surface area contributed by atoms with E-state index in [1.807, 2.05) is 52.7 Å². The number of nitrogens with one attached hydrogen (secondary N) is 1. The normalized spacial score (nSPS) is 19.3. The van der Waals surface area contributed by atoms with Crippen LogP contribution in [-0.4, -0.2) is 42.0 Å². The fourth-order valence-corrected chi connectivity index (χ4v) is 4.53. The van der Waals surface area contributed by atoms with Gasteiger partial charge < -0.3 is 15.1 Å². The van der Waals surface area contributed by atoms with Crippen molar-refractivity contribution in [3.63, 3.8) is 0 Å². The summed E-state index contributed by atoms with van der Waals surface area (Å²) in [6.07, 6.45) is 1.80. The predicted molar refractivity (Wildman–Crippen MR) is 98.5 cm³/mol. The first-order valence-corrected chi connectivity index (χ1v) is 9.48. The van der Waals surface area contributed by atoms with Crippen molar-refractivity contribution in [2.24, 2.45) is 0 Å². The Kier molecular flexibility index (Phi) is 4.21. The summed E-state index contributed by atoms with van der Waals surface area (Å²) in [5.41, 5.74) is 0.528. The number of amides is 2. The van der Waals surface area contributed by atoms with E-state index < -0.39 is 5.54 Å². The number of para-hydroxylation sites is 1. The van der Waals surface area contributed by atoms with Crippen LogP contribution in [0.4, 0.5) is 5.69 Å². The number of likely N-dealkylation sites (tertiary alicyclic amines) is 1. The molecule has 1 N–H and O–H groups in total. The third-order valence-electron chi connectivity index (χ3n) is 5.25. The number of carbonyl (C=O) groups excluding carboxylic acids is 2. The highest BCUT2D eigenvalue weighted by atomic mass is 32.1. The maximum atomic E-state index is 12.6. The zero-order valence-corrected chi connectivity index (χ0v) is 14.8. The number of carbonyl (C=O) groups is 2. The molecule has 0 unspecified atom stereocenters. The summed E-state index contributed by atoms with van der Waals surface area (Å²) in [5.74, 6) is 0.240. The molecule has 130 valence electrons. The van der Waals surface area contributed by atoms with Gasteiger partial charge in [-0.05, 0) is 36.4 Å². The molecular weight excluding hydrogens is 334 g/mol. The molecule has 6 heteroatoms. The van der Waals surface area contributed by atoms with E-state index in [0.29, 0.717) is 39.0 Å². The van der Waals surface area contributed by atoms with Crippen LogP contribution >= 0.6 is 11.3 Å². The number of thiophene rings is 1. The standard InChI is InChI=1S/C19H21N3O2S/c23-17(13-16-7-4-12-25-16)21-10-8-19(9-11-21)18(24)20-14-22(19)15-5-2-1-3-6-15/h1-7,12H,8-11,13-14H2,(H,20,24). The van der Waals surface area contributed by atoms with Crippen molar-refractivity contribution in [1.82, 2.24) is 10.2 Å². The van der Waals surface area contributed by atoms with Crippen molar-refractivity contribution >= 4 is 28.8 Å². The summed E-state index contributed by atoms with van der Waals surface area (Å²) in [6, 6.07) is 14.0. The Bertz CT molecular complexity index is 752. The van der Waals surface area contributed by atoms with Gasteiger partial charge in [-0.15, -0.1) is 11.3 Å². The van der Waals surface area contributed by atoms with Gasteiger partial charge in [-0.3, -0.25) is 9.59 Å². The minimum absolute atomic E-state index is 0.0849. The first-order chi connectivity index (χ1) is 12.2. The average Bonchev–Trinajstić information content (AvgIpc) is 3.26. The largest absolute Gasteiger partial charge is 0.342 e. The minimum Gasteiger partial charge on any atom is -0.342 e. The van der Waals surface area contributed by atoms with Crippen molar-refractivity contribution < 1.29 is 9.59 Å². The molecule has 0 bridgehead atoms. The number of nitrogens with zero attached hydrogens (tertiary/aromatic N) is 2. The summed E-state index contributed by atoms with van der Waals surface area (Å²) in [7, 11) is 0. The number of hydrogen-bond acceptors (Lipinski definition) is 4. The van der Waals surface area contributed by atoms with Gasteiger partial charge in [-0.25, -0.2) is 0 Å². The van der Waals surface area contributed by atoms with Gasteiger partial charge in [0.1, 0.15) is 5.54 Å². The average molecular weight is 355 g/mol. The Balaban J connectivity index is 1.47. The second-order valence-electron chi connectivity index (χ2n) is 6.60. The molecular formula is C19H21N3O2S. The number of piperidine rings is 1. The fourth-order valence-electron chi connectivity index (χ4n) is 3.83. The number of rotatable bonds is 3. The maximum absolute atomic E-state index is 12.6. The highest BCUT2D eigenvalue weighted by molar-refractivity contribution is 7.10. The second-order valence-corrected chi connectivity index (χ2v) is 7.63. The van der Waals surface area contributed by atoms with Gasteiger partial charge in [0.05, 0.1) is 13.1 Å². The van der Waals surface area contributed by atoms with Crippen LogP contribution in [0.5, 0.6) is 0 Å². The third-order valence-corrected chi connectivity index (χ3v) is 6.13. The Morgan fingerprint density at radius 1 is 1.12 bits per heavy atom. The van der Waals surface area contributed by atoms with E-state index >= 15 is 0 Å². The van der Waals surface area contributed by atoms with Gasteiger partial charge in [-0.1, -0.05) is 24.3 Å². The Morgan fingerprint density at radius 2 is 1.88 bits per heavy atom. The molecule has 3 heterocycles. The van der Waals surface area contributed by atoms with E-state index in [1.54, 1.807) is 11.3 Å². The van der Waals surface area contributed by atoms with E-state index in [2.05, 4.69) is 10.2 Å². The predicted octanol–water partition coefficient (Wildman–Crippen LogP) is 2.25. The van der Waals surface area contributed by atoms with Crippen LogP contribution < -0.4 is 10.2 Å². The van der Waals surface area contributed by atoms with E-state index in [1.165, 1.54) is 0 Å². The number of anilines is 1. The van der Waals surface area contributed by atoms with E-state index in [4.69, 9.17) is 0 Å². The summed E-state index contributed by atoms with van der Waals surface area (Å²) < 4.78 is 0. The topological polar surface area (TPSA) is 52.7 Å². The molecule has 0 aliphatic carbocycles. The third kappa shape index (κ3) is 2.91. The van der Waals surface area contributed by atoms with E-state index in [-0.39, 0.29) is 11.8 Å². The van der Waals surface area contributed by atoms with Crippen molar-refractivity contribution in [2.45, 2.75) is 24.8 Å². The quantitative estimate of drug-likeness (QED) is 0.919. The van der Waals surface area contributed by atoms with Gasteiger partial charge in [0, 0.05) is 23.7 Å². The molecule has 2 saturated heterocycles. The molecule has 2 amide bonds. The maximum Gasteiger partial charge on any atom is 0.247 e. The van der Waals surface area contributed by atoms with E-state index in [9.17, 15) is 9.59 Å². The summed E-state index contributed by atoms with van der Waals surface area (Å²) in [6.45, 7) is 1.79. The monoisotopic (exact) mass is 355 g/mol. The van der Waals surface area contributed by atoms with Crippen LogP contribution in [0.25, 0.3) is 0 Å². The summed E-state index contributed by atoms with van der Waals surface area (Å²) >= 11 is 1.61. The van der Waals surface area contributed by atoms with Gasteiger partial charge in [-0.2, -0.15) is 0 Å². The van der Waals surface area contributed by atoms with Crippen LogP contribution in [0.1, 0.15) is 17.7 Å². The molecule has 25 heavy (non-hydrogen) atoms. The Labute approximate surface area is 151 Å². The molecule has 1 aromatic carbocycles. The first kappa shape index (κ1) is 16.1. The highest BCUT2D eigenvalue weighted by Crippen LogP contribution is 2.36. The summed E-state index contributed by atoms with van der Waals surface area (Å²) in [5, 5.41) is 4.99. The number of hydrogen-bond donors (Lipinski definition) is 1. The van der Waals surface area contributed by atoms with Gasteiger partial charge in [0.2, 0.25) is 11.8 Å². The molecule has 0 radical (unpaired) electrons. The fraction of sp³-hybridized carbons (Fsp3) is 0.368. The zero-order chi connectivity index (χ0) is 17.3. The highest BCUT2D eigenvalue weighted by Gasteiger charge is 2.50. The van der Waals surface area contributed by atoms with Crippen LogP contribution in [0, 0.1) is 0 Å². The first-order valence-electron chi connectivity index (χ1n) is 8.60. The van der Waals surface area contributed by atoms with Gasteiger partial charge in [0.15, 0.2) is 0 Å². The minimum atomic E-state index is -0.527. The zero-order valence-electron chi connectivity index (χ0n) is 14.0. The SMILES string of the molecule is O=C(Cc1cccs1)N1CCC2(CC1)C(=O)NCN2c1ccccc1. The van der Waals surface area contributed by atoms with Gasteiger partial charge in [0.25, 0.3) is 0 Å². The molecule has 2 aliphatic rings.